The molecule has 122 valence electrons. The Balaban J connectivity index is 1.66. The fraction of sp³-hybridized carbons (Fsp3) is 0.235. The molecule has 7 heteroatoms. The molecular formula is C17H13ClFN3OS. The van der Waals surface area contributed by atoms with E-state index in [9.17, 15) is 9.18 Å². The summed E-state index contributed by atoms with van der Waals surface area (Å²) in [5.41, 5.74) is 3.70. The number of carbonyl (C=O) groups is 1. The van der Waals surface area contributed by atoms with Crippen molar-refractivity contribution in [1.82, 2.24) is 9.97 Å². The van der Waals surface area contributed by atoms with Gasteiger partial charge in [-0.15, -0.1) is 0 Å². The first-order valence-electron chi connectivity index (χ1n) is 7.49. The highest BCUT2D eigenvalue weighted by atomic mass is 35.5. The number of aromatic nitrogens is 2. The van der Waals surface area contributed by atoms with Gasteiger partial charge in [0, 0.05) is 18.0 Å². The maximum atomic E-state index is 12.9. The second kappa shape index (κ2) is 5.79. The van der Waals surface area contributed by atoms with Crippen LogP contribution >= 0.6 is 22.9 Å². The number of thiazole rings is 1. The molecule has 1 amide bonds. The Morgan fingerprint density at radius 3 is 2.96 bits per heavy atom. The molecule has 1 aliphatic rings. The molecule has 2 unspecified atom stereocenters. The predicted molar refractivity (Wildman–Crippen MR) is 94.2 cm³/mol. The van der Waals surface area contributed by atoms with E-state index in [-0.39, 0.29) is 5.91 Å². The molecule has 0 radical (unpaired) electrons. The summed E-state index contributed by atoms with van der Waals surface area (Å²) in [5, 5.41) is 3.81. The minimum Gasteiger partial charge on any atom is -0.302 e. The lowest BCUT2D eigenvalue weighted by Gasteiger charge is -2.06. The van der Waals surface area contributed by atoms with E-state index in [1.54, 1.807) is 12.4 Å². The fourth-order valence-corrected chi connectivity index (χ4v) is 3.64. The minimum atomic E-state index is -1.01. The van der Waals surface area contributed by atoms with E-state index in [0.29, 0.717) is 16.6 Å². The monoisotopic (exact) mass is 361 g/mol. The summed E-state index contributed by atoms with van der Waals surface area (Å²) in [4.78, 5) is 20.4. The normalized spacial score (nSPS) is 19.5. The lowest BCUT2D eigenvalue weighted by Crippen LogP contribution is -2.14. The minimum absolute atomic E-state index is 0.295. The lowest BCUT2D eigenvalue weighted by atomic mass is 10.0. The van der Waals surface area contributed by atoms with Gasteiger partial charge in [-0.3, -0.25) is 9.78 Å². The second-order valence-corrected chi connectivity index (χ2v) is 7.28. The highest BCUT2D eigenvalue weighted by Gasteiger charge is 2.43. The number of carbonyl (C=O) groups excluding carboxylic acids is 1. The zero-order valence-corrected chi connectivity index (χ0v) is 14.3. The Morgan fingerprint density at radius 2 is 2.21 bits per heavy atom. The van der Waals surface area contributed by atoms with Crippen LogP contribution in [0.2, 0.25) is 5.02 Å². The molecular weight excluding hydrogens is 349 g/mol. The van der Waals surface area contributed by atoms with Crippen LogP contribution in [-0.2, 0) is 4.79 Å². The summed E-state index contributed by atoms with van der Waals surface area (Å²) < 4.78 is 13.9. The first-order chi connectivity index (χ1) is 11.5. The average Bonchev–Trinajstić information content (AvgIpc) is 3.15. The number of anilines is 1. The van der Waals surface area contributed by atoms with Gasteiger partial charge in [-0.25, -0.2) is 9.37 Å². The Kier molecular flexibility index (Phi) is 3.73. The molecule has 1 saturated carbocycles. The van der Waals surface area contributed by atoms with Crippen molar-refractivity contribution in [2.75, 3.05) is 5.32 Å². The third-order valence-corrected chi connectivity index (χ3v) is 5.45. The quantitative estimate of drug-likeness (QED) is 0.740. The van der Waals surface area contributed by atoms with Crippen molar-refractivity contribution in [3.63, 3.8) is 0 Å². The highest BCUT2D eigenvalue weighted by Crippen LogP contribution is 2.36. The van der Waals surface area contributed by atoms with Crippen LogP contribution in [0.3, 0.4) is 0 Å². The second-order valence-electron chi connectivity index (χ2n) is 5.84. The molecule has 1 fully saturated rings. The molecule has 2 aromatic heterocycles. The van der Waals surface area contributed by atoms with E-state index in [2.05, 4.69) is 15.3 Å². The maximum absolute atomic E-state index is 12.9. The number of rotatable bonds is 3. The molecule has 3 aromatic rings. The number of fused-ring (bicyclic) bond motifs is 1. The van der Waals surface area contributed by atoms with Gasteiger partial charge in [0.2, 0.25) is 5.91 Å². The van der Waals surface area contributed by atoms with Crippen molar-refractivity contribution in [1.29, 1.82) is 0 Å². The molecule has 2 atom stereocenters. The van der Waals surface area contributed by atoms with Crippen LogP contribution in [0.15, 0.2) is 30.6 Å². The van der Waals surface area contributed by atoms with Crippen molar-refractivity contribution in [3.05, 3.63) is 41.2 Å². The van der Waals surface area contributed by atoms with E-state index in [0.717, 1.165) is 26.9 Å². The molecule has 24 heavy (non-hydrogen) atoms. The molecule has 1 N–H and O–H groups in total. The topological polar surface area (TPSA) is 54.9 Å². The zero-order valence-electron chi connectivity index (χ0n) is 12.7. The van der Waals surface area contributed by atoms with E-state index in [1.165, 1.54) is 11.3 Å². The van der Waals surface area contributed by atoms with Gasteiger partial charge in [-0.05, 0) is 36.6 Å². The van der Waals surface area contributed by atoms with Crippen molar-refractivity contribution >= 4 is 44.2 Å². The van der Waals surface area contributed by atoms with E-state index < -0.39 is 12.1 Å². The largest absolute Gasteiger partial charge is 0.302 e. The number of pyridine rings is 1. The van der Waals surface area contributed by atoms with Crippen LogP contribution in [0.1, 0.15) is 12.0 Å². The SMILES string of the molecule is Cc1c(Cl)cncc1-c1ccc2nc(NC(=O)C3CC3F)sc2c1. The number of amides is 1. The van der Waals surface area contributed by atoms with Gasteiger partial charge in [0.05, 0.1) is 21.2 Å². The summed E-state index contributed by atoms with van der Waals surface area (Å²) >= 11 is 7.51. The molecule has 4 nitrogen and oxygen atoms in total. The predicted octanol–water partition coefficient (Wildman–Crippen LogP) is 4.62. The Morgan fingerprint density at radius 1 is 1.42 bits per heavy atom. The number of alkyl halides is 1. The van der Waals surface area contributed by atoms with E-state index >= 15 is 0 Å². The molecule has 2 heterocycles. The third kappa shape index (κ3) is 2.76. The van der Waals surface area contributed by atoms with Crippen LogP contribution in [0, 0.1) is 12.8 Å². The Hall–Kier alpha value is -2.05. The molecule has 1 aromatic carbocycles. The molecule has 4 rings (SSSR count). The van der Waals surface area contributed by atoms with Crippen molar-refractivity contribution in [2.45, 2.75) is 19.5 Å². The number of halogens is 2. The number of nitrogens with one attached hydrogen (secondary N) is 1. The Bertz CT molecular complexity index is 958. The molecule has 0 aliphatic heterocycles. The molecule has 0 saturated heterocycles. The summed E-state index contributed by atoms with van der Waals surface area (Å²) in [5.74, 6) is -0.815. The Labute approximate surface area is 146 Å². The van der Waals surface area contributed by atoms with Gasteiger partial charge >= 0.3 is 0 Å². The van der Waals surface area contributed by atoms with Gasteiger partial charge < -0.3 is 5.32 Å². The van der Waals surface area contributed by atoms with Crippen LogP contribution in [0.4, 0.5) is 9.52 Å². The van der Waals surface area contributed by atoms with Crippen molar-refractivity contribution < 1.29 is 9.18 Å². The number of nitrogens with zero attached hydrogens (tertiary/aromatic N) is 2. The summed E-state index contributed by atoms with van der Waals surface area (Å²) in [7, 11) is 0. The van der Waals surface area contributed by atoms with Crippen LogP contribution in [-0.4, -0.2) is 22.0 Å². The van der Waals surface area contributed by atoms with E-state index in [4.69, 9.17) is 11.6 Å². The van der Waals surface area contributed by atoms with Gasteiger partial charge in [-0.1, -0.05) is 29.0 Å². The first kappa shape index (κ1) is 15.5. The standard InChI is InChI=1S/C17H13ClFN3OS/c1-8-11(6-20-7-12(8)18)9-2-3-14-15(4-9)24-17(21-14)22-16(23)10-5-13(10)19/h2-4,6-7,10,13H,5H2,1H3,(H,21,22,23). The molecule has 0 spiro atoms. The first-order valence-corrected chi connectivity index (χ1v) is 8.68. The third-order valence-electron chi connectivity index (χ3n) is 4.13. The summed E-state index contributed by atoms with van der Waals surface area (Å²) in [6, 6.07) is 5.84. The summed E-state index contributed by atoms with van der Waals surface area (Å²) in [6.45, 7) is 1.95. The number of hydrogen-bond acceptors (Lipinski definition) is 4. The zero-order chi connectivity index (χ0) is 16.8. The highest BCUT2D eigenvalue weighted by molar-refractivity contribution is 7.22. The fourth-order valence-electron chi connectivity index (χ4n) is 2.57. The van der Waals surface area contributed by atoms with Gasteiger partial charge in [0.15, 0.2) is 5.13 Å². The molecule has 0 bridgehead atoms. The van der Waals surface area contributed by atoms with Crippen LogP contribution in [0.5, 0.6) is 0 Å². The maximum Gasteiger partial charge on any atom is 0.232 e. The van der Waals surface area contributed by atoms with Gasteiger partial charge in [0.25, 0.3) is 0 Å². The van der Waals surface area contributed by atoms with Crippen LogP contribution < -0.4 is 5.32 Å². The summed E-state index contributed by atoms with van der Waals surface area (Å²) in [6.07, 6.45) is 2.70. The van der Waals surface area contributed by atoms with Crippen LogP contribution in [0.25, 0.3) is 21.3 Å². The van der Waals surface area contributed by atoms with E-state index in [1.807, 2.05) is 25.1 Å². The van der Waals surface area contributed by atoms with Crippen molar-refractivity contribution in [2.24, 2.45) is 5.92 Å². The average molecular weight is 362 g/mol. The smallest absolute Gasteiger partial charge is 0.232 e. The number of hydrogen-bond donors (Lipinski definition) is 1. The molecule has 1 aliphatic carbocycles. The lowest BCUT2D eigenvalue weighted by molar-refractivity contribution is -0.117. The van der Waals surface area contributed by atoms with Crippen molar-refractivity contribution in [3.8, 4) is 11.1 Å². The van der Waals surface area contributed by atoms with Gasteiger partial charge in [-0.2, -0.15) is 0 Å². The number of benzene rings is 1. The van der Waals surface area contributed by atoms with Gasteiger partial charge in [0.1, 0.15) is 6.17 Å².